The molecule has 1 atom stereocenters. The second-order valence-corrected chi connectivity index (χ2v) is 5.39. The van der Waals surface area contributed by atoms with Crippen LogP contribution in [0.3, 0.4) is 0 Å². The first-order chi connectivity index (χ1) is 7.06. The minimum Gasteiger partial charge on any atom is -0.468 e. The number of methoxy groups -OCH3 is 1. The van der Waals surface area contributed by atoms with Gasteiger partial charge in [-0.05, 0) is 13.3 Å². The molecule has 0 radical (unpaired) electrons. The molecule has 7 heteroatoms. The van der Waals surface area contributed by atoms with Crippen LogP contribution in [0, 0.1) is 0 Å². The SMILES string of the molecule is COC(=O)C(C)(N)CCSc1nncs1. The highest BCUT2D eigenvalue weighted by Crippen LogP contribution is 2.22. The normalized spacial score (nSPS) is 14.6. The number of esters is 1. The van der Waals surface area contributed by atoms with Gasteiger partial charge in [-0.25, -0.2) is 0 Å². The third-order valence-corrected chi connectivity index (χ3v) is 3.70. The van der Waals surface area contributed by atoms with E-state index in [0.29, 0.717) is 6.42 Å². The van der Waals surface area contributed by atoms with E-state index < -0.39 is 5.54 Å². The standard InChI is InChI=1S/C8H13N3O2S2/c1-8(9,6(12)13-2)3-4-14-7-11-10-5-15-7/h5H,3-4,9H2,1-2H3. The van der Waals surface area contributed by atoms with Crippen molar-refractivity contribution in [2.24, 2.45) is 5.73 Å². The van der Waals surface area contributed by atoms with Crippen molar-refractivity contribution in [2.75, 3.05) is 12.9 Å². The number of ether oxygens (including phenoxy) is 1. The van der Waals surface area contributed by atoms with E-state index in [-0.39, 0.29) is 5.97 Å². The zero-order chi connectivity index (χ0) is 11.3. The summed E-state index contributed by atoms with van der Waals surface area (Å²) in [5.41, 5.74) is 6.54. The molecule has 2 N–H and O–H groups in total. The van der Waals surface area contributed by atoms with Crippen LogP contribution in [0.25, 0.3) is 0 Å². The maximum Gasteiger partial charge on any atom is 0.325 e. The lowest BCUT2D eigenvalue weighted by Gasteiger charge is -2.20. The Labute approximate surface area is 96.4 Å². The number of hydrogen-bond acceptors (Lipinski definition) is 7. The number of carbonyl (C=O) groups excluding carboxylic acids is 1. The predicted octanol–water partition coefficient (Wildman–Crippen LogP) is 0.911. The van der Waals surface area contributed by atoms with Crippen LogP contribution in [0.2, 0.25) is 0 Å². The van der Waals surface area contributed by atoms with Gasteiger partial charge in [0.15, 0.2) is 4.34 Å². The zero-order valence-corrected chi connectivity index (χ0v) is 10.2. The maximum absolute atomic E-state index is 11.2. The molecular weight excluding hydrogens is 234 g/mol. The summed E-state index contributed by atoms with van der Waals surface area (Å²) >= 11 is 3.01. The van der Waals surface area contributed by atoms with E-state index >= 15 is 0 Å². The number of carbonyl (C=O) groups is 1. The fourth-order valence-electron chi connectivity index (χ4n) is 0.911. The van der Waals surface area contributed by atoms with Gasteiger partial charge in [-0.3, -0.25) is 4.79 Å². The van der Waals surface area contributed by atoms with Gasteiger partial charge in [-0.1, -0.05) is 23.1 Å². The molecule has 0 spiro atoms. The summed E-state index contributed by atoms with van der Waals surface area (Å²) in [5.74, 6) is 0.331. The Morgan fingerprint density at radius 3 is 3.07 bits per heavy atom. The number of aromatic nitrogens is 2. The molecule has 1 unspecified atom stereocenters. The molecule has 1 heterocycles. The van der Waals surface area contributed by atoms with Gasteiger partial charge in [-0.2, -0.15) is 0 Å². The topological polar surface area (TPSA) is 78.1 Å². The van der Waals surface area contributed by atoms with Gasteiger partial charge in [0.05, 0.1) is 7.11 Å². The van der Waals surface area contributed by atoms with Crippen LogP contribution in [0.4, 0.5) is 0 Å². The van der Waals surface area contributed by atoms with Crippen molar-refractivity contribution >= 4 is 29.1 Å². The molecule has 0 amide bonds. The Kier molecular flexibility index (Phi) is 4.49. The molecule has 84 valence electrons. The summed E-state index contributed by atoms with van der Waals surface area (Å²) in [5, 5.41) is 7.59. The first-order valence-corrected chi connectivity index (χ1v) is 6.19. The van der Waals surface area contributed by atoms with Crippen molar-refractivity contribution in [3.63, 3.8) is 0 Å². The monoisotopic (exact) mass is 247 g/mol. The highest BCUT2D eigenvalue weighted by molar-refractivity contribution is 8.00. The fourth-order valence-corrected chi connectivity index (χ4v) is 2.65. The van der Waals surface area contributed by atoms with Gasteiger partial charge in [0.2, 0.25) is 0 Å². The van der Waals surface area contributed by atoms with Crippen molar-refractivity contribution in [1.29, 1.82) is 0 Å². The summed E-state index contributed by atoms with van der Waals surface area (Å²) in [6.07, 6.45) is 0.546. The van der Waals surface area contributed by atoms with Crippen molar-refractivity contribution in [3.05, 3.63) is 5.51 Å². The van der Waals surface area contributed by atoms with Gasteiger partial charge >= 0.3 is 5.97 Å². The lowest BCUT2D eigenvalue weighted by atomic mass is 10.0. The highest BCUT2D eigenvalue weighted by Gasteiger charge is 2.28. The number of hydrogen-bond donors (Lipinski definition) is 1. The number of nitrogens with zero attached hydrogens (tertiary/aromatic N) is 2. The molecule has 0 saturated carbocycles. The average molecular weight is 247 g/mol. The molecule has 0 fully saturated rings. The molecule has 0 saturated heterocycles. The molecule has 1 rings (SSSR count). The largest absolute Gasteiger partial charge is 0.468 e. The van der Waals surface area contributed by atoms with E-state index in [0.717, 1.165) is 10.1 Å². The van der Waals surface area contributed by atoms with Crippen molar-refractivity contribution in [3.8, 4) is 0 Å². The average Bonchev–Trinajstić information content (AvgIpc) is 2.69. The van der Waals surface area contributed by atoms with Gasteiger partial charge in [0.25, 0.3) is 0 Å². The second kappa shape index (κ2) is 5.43. The molecule has 0 aliphatic heterocycles. The molecule has 0 aliphatic carbocycles. The summed E-state index contributed by atoms with van der Waals surface area (Å²) in [7, 11) is 1.34. The summed E-state index contributed by atoms with van der Waals surface area (Å²) < 4.78 is 5.49. The highest BCUT2D eigenvalue weighted by atomic mass is 32.2. The number of rotatable bonds is 5. The van der Waals surface area contributed by atoms with Crippen LogP contribution >= 0.6 is 23.1 Å². The predicted molar refractivity (Wildman–Crippen MR) is 59.9 cm³/mol. The van der Waals surface area contributed by atoms with Gasteiger partial charge < -0.3 is 10.5 Å². The zero-order valence-electron chi connectivity index (χ0n) is 8.60. The maximum atomic E-state index is 11.2. The number of nitrogens with two attached hydrogens (primary N) is 1. The van der Waals surface area contributed by atoms with E-state index in [1.54, 1.807) is 12.4 Å². The minimum absolute atomic E-state index is 0.389. The van der Waals surface area contributed by atoms with Crippen LogP contribution in [-0.4, -0.2) is 34.6 Å². The lowest BCUT2D eigenvalue weighted by Crippen LogP contribution is -2.46. The van der Waals surface area contributed by atoms with E-state index in [9.17, 15) is 4.79 Å². The lowest BCUT2D eigenvalue weighted by molar-refractivity contribution is -0.146. The van der Waals surface area contributed by atoms with Crippen LogP contribution in [0.1, 0.15) is 13.3 Å². The smallest absolute Gasteiger partial charge is 0.325 e. The van der Waals surface area contributed by atoms with E-state index in [1.165, 1.54) is 30.2 Å². The van der Waals surface area contributed by atoms with Gasteiger partial charge in [-0.15, -0.1) is 10.2 Å². The minimum atomic E-state index is -0.924. The second-order valence-electron chi connectivity index (χ2n) is 3.21. The van der Waals surface area contributed by atoms with Crippen LogP contribution < -0.4 is 5.73 Å². The summed E-state index contributed by atoms with van der Waals surface area (Å²) in [4.78, 5) is 11.2. The number of thioether (sulfide) groups is 1. The Morgan fingerprint density at radius 1 is 1.80 bits per heavy atom. The molecule has 0 aromatic carbocycles. The Bertz CT molecular complexity index is 314. The Hall–Kier alpha value is -0.660. The molecule has 0 bridgehead atoms. The van der Waals surface area contributed by atoms with Crippen molar-refractivity contribution in [2.45, 2.75) is 23.2 Å². The quantitative estimate of drug-likeness (QED) is 0.615. The molecule has 0 aliphatic rings. The Balaban J connectivity index is 2.33. The van der Waals surface area contributed by atoms with Crippen LogP contribution in [0.5, 0.6) is 0 Å². The molecule has 5 nitrogen and oxygen atoms in total. The molecule has 1 aromatic heterocycles. The van der Waals surface area contributed by atoms with Crippen molar-refractivity contribution < 1.29 is 9.53 Å². The third kappa shape index (κ3) is 3.77. The van der Waals surface area contributed by atoms with Crippen molar-refractivity contribution in [1.82, 2.24) is 10.2 Å². The van der Waals surface area contributed by atoms with E-state index in [4.69, 9.17) is 5.73 Å². The van der Waals surface area contributed by atoms with Gasteiger partial charge in [0.1, 0.15) is 11.0 Å². The molecule has 1 aromatic rings. The van der Waals surface area contributed by atoms with Gasteiger partial charge in [0, 0.05) is 5.75 Å². The summed E-state index contributed by atoms with van der Waals surface area (Å²) in [6, 6.07) is 0. The van der Waals surface area contributed by atoms with E-state index in [1.807, 2.05) is 0 Å². The molecule has 15 heavy (non-hydrogen) atoms. The molecular formula is C8H13N3O2S2. The third-order valence-electron chi connectivity index (χ3n) is 1.84. The first kappa shape index (κ1) is 12.4. The fraction of sp³-hybridized carbons (Fsp3) is 0.625. The summed E-state index contributed by atoms with van der Waals surface area (Å²) in [6.45, 7) is 1.67. The van der Waals surface area contributed by atoms with Crippen LogP contribution in [-0.2, 0) is 9.53 Å². The Morgan fingerprint density at radius 2 is 2.53 bits per heavy atom. The first-order valence-electron chi connectivity index (χ1n) is 4.32. The van der Waals surface area contributed by atoms with Crippen LogP contribution in [0.15, 0.2) is 9.85 Å². The van der Waals surface area contributed by atoms with E-state index in [2.05, 4.69) is 14.9 Å².